The minimum absolute atomic E-state index is 0.0112. The van der Waals surface area contributed by atoms with Crippen LogP contribution in [0.25, 0.3) is 33.0 Å². The molecule has 0 saturated heterocycles. The average Bonchev–Trinajstić information content (AvgIpc) is 3.85. The highest BCUT2D eigenvalue weighted by Crippen LogP contribution is 2.55. The Morgan fingerprint density at radius 1 is 0.635 bits per heavy atom. The van der Waals surface area contributed by atoms with Crippen LogP contribution in [0.3, 0.4) is 0 Å². The number of allylic oxidation sites excluding steroid dienone is 11. The van der Waals surface area contributed by atoms with Gasteiger partial charge >= 0.3 is 0 Å². The first-order valence-corrected chi connectivity index (χ1v) is 22.9. The lowest BCUT2D eigenvalue weighted by molar-refractivity contribution is 0.267. The van der Waals surface area contributed by atoms with Crippen molar-refractivity contribution >= 4 is 21.9 Å². The molecule has 0 aromatic heterocycles. The Kier molecular flexibility index (Phi) is 9.11. The van der Waals surface area contributed by atoms with E-state index in [1.807, 2.05) is 0 Å². The van der Waals surface area contributed by atoms with E-state index in [0.717, 1.165) is 31.4 Å². The van der Waals surface area contributed by atoms with Crippen molar-refractivity contribution in [1.82, 2.24) is 4.90 Å². The van der Waals surface area contributed by atoms with E-state index in [2.05, 4.69) is 219 Å². The Labute approximate surface area is 372 Å². The average molecular weight is 814 g/mol. The molecule has 0 fully saturated rings. The van der Waals surface area contributed by atoms with Crippen LogP contribution in [0.4, 0.5) is 0 Å². The van der Waals surface area contributed by atoms with E-state index in [0.29, 0.717) is 0 Å². The van der Waals surface area contributed by atoms with E-state index in [1.54, 1.807) is 0 Å². The fourth-order valence-corrected chi connectivity index (χ4v) is 11.7. The van der Waals surface area contributed by atoms with Gasteiger partial charge in [0.1, 0.15) is 11.9 Å². The number of rotatable bonds is 7. The highest BCUT2D eigenvalue weighted by Gasteiger charge is 2.43. The van der Waals surface area contributed by atoms with Crippen molar-refractivity contribution in [2.45, 2.75) is 68.9 Å². The second-order valence-electron chi connectivity index (χ2n) is 18.4. The maximum atomic E-state index is 6.95. The lowest BCUT2D eigenvalue weighted by Gasteiger charge is -2.44. The van der Waals surface area contributed by atoms with E-state index in [9.17, 15) is 0 Å². The summed E-state index contributed by atoms with van der Waals surface area (Å²) in [5.41, 5.74) is 18.9. The maximum absolute atomic E-state index is 6.95. The summed E-state index contributed by atoms with van der Waals surface area (Å²) >= 11 is 0. The molecule has 306 valence electrons. The molecule has 4 atom stereocenters. The van der Waals surface area contributed by atoms with Gasteiger partial charge in [-0.25, -0.2) is 0 Å². The van der Waals surface area contributed by atoms with E-state index >= 15 is 0 Å². The second kappa shape index (κ2) is 15.2. The first-order chi connectivity index (χ1) is 31.0. The van der Waals surface area contributed by atoms with Gasteiger partial charge in [-0.05, 0) is 105 Å². The van der Waals surface area contributed by atoms with Crippen molar-refractivity contribution in [1.29, 1.82) is 0 Å². The molecule has 0 spiro atoms. The molecule has 0 N–H and O–H groups in total. The molecule has 63 heavy (non-hydrogen) atoms. The minimum atomic E-state index is -0.0827. The number of hydrogen-bond acceptors (Lipinski definition) is 2. The van der Waals surface area contributed by atoms with E-state index in [4.69, 9.17) is 4.74 Å². The monoisotopic (exact) mass is 813 g/mol. The lowest BCUT2D eigenvalue weighted by atomic mass is 9.76. The molecular weight excluding hydrogens is 763 g/mol. The zero-order valence-corrected chi connectivity index (χ0v) is 36.0. The Bertz CT molecular complexity index is 3070. The van der Waals surface area contributed by atoms with Gasteiger partial charge in [-0.2, -0.15) is 0 Å². The molecule has 1 aliphatic heterocycles. The molecule has 0 saturated carbocycles. The largest absolute Gasteiger partial charge is 0.484 e. The summed E-state index contributed by atoms with van der Waals surface area (Å²) in [6.07, 6.45) is 27.7. The number of hydrogen-bond donors (Lipinski definition) is 0. The van der Waals surface area contributed by atoms with Crippen LogP contribution in [-0.4, -0.2) is 17.0 Å². The van der Waals surface area contributed by atoms with Crippen LogP contribution in [-0.2, 0) is 5.41 Å². The van der Waals surface area contributed by atoms with Gasteiger partial charge in [0.2, 0.25) is 0 Å². The van der Waals surface area contributed by atoms with Crippen molar-refractivity contribution in [2.24, 2.45) is 0 Å². The van der Waals surface area contributed by atoms with E-state index in [1.165, 1.54) is 89.0 Å². The first kappa shape index (κ1) is 37.8. The lowest BCUT2D eigenvalue weighted by Crippen LogP contribution is -2.39. The van der Waals surface area contributed by atoms with Gasteiger partial charge in [-0.15, -0.1) is 0 Å². The fourth-order valence-electron chi connectivity index (χ4n) is 11.7. The number of nitrogens with zero attached hydrogens (tertiary/aromatic N) is 1. The van der Waals surface area contributed by atoms with Gasteiger partial charge in [-0.1, -0.05) is 196 Å². The SMILES string of the molecule is CC1(C)c2ccccc2-c2c(C3C=CC=CC3N(C3=C(C4=CC=CC5Oc6c(ccc7ccccc67)C45)CCC=C3)C3=C(c4ccccc4)C=C(c4ccccc4)CC3)cccc21. The van der Waals surface area contributed by atoms with Crippen molar-refractivity contribution in [3.05, 3.63) is 256 Å². The Balaban J connectivity index is 1.10. The molecule has 1 heterocycles. The molecule has 6 aromatic rings. The van der Waals surface area contributed by atoms with Gasteiger partial charge in [0, 0.05) is 39.2 Å². The number of benzene rings is 6. The van der Waals surface area contributed by atoms with Crippen molar-refractivity contribution in [2.75, 3.05) is 0 Å². The van der Waals surface area contributed by atoms with Gasteiger partial charge in [0.25, 0.3) is 0 Å². The van der Waals surface area contributed by atoms with Gasteiger partial charge < -0.3 is 9.64 Å². The molecule has 0 amide bonds. The quantitative estimate of drug-likeness (QED) is 0.159. The van der Waals surface area contributed by atoms with Crippen LogP contribution in [0.1, 0.15) is 84.7 Å². The summed E-state index contributed by atoms with van der Waals surface area (Å²) in [6.45, 7) is 4.80. The van der Waals surface area contributed by atoms with Crippen LogP contribution in [0.5, 0.6) is 5.75 Å². The Morgan fingerprint density at radius 2 is 1.40 bits per heavy atom. The van der Waals surface area contributed by atoms with Crippen molar-refractivity contribution in [3.63, 3.8) is 0 Å². The zero-order chi connectivity index (χ0) is 42.1. The Hall–Kier alpha value is -6.90. The molecule has 12 rings (SSSR count). The topological polar surface area (TPSA) is 12.5 Å². The standard InChI is InChI=1S/C61H51NO/c1-61(2)52-30-14-11-27-49(52)58-47(28-17-31-53(58)61)45-25-12-15-32-54(45)62(56-38-36-43(40-19-5-3-6-20-40)39-51(56)41-21-7-4-8-22-41)55-33-16-13-26-46(55)48-29-18-34-57-59(48)50-37-35-42-23-9-10-24-44(42)60(50)63-57/h3-12,14-25,27-35,37,39,45,54,57,59H,13,26,36,38H2,1-2H3. The van der Waals surface area contributed by atoms with Crippen LogP contribution in [0, 0.1) is 0 Å². The Morgan fingerprint density at radius 3 is 2.27 bits per heavy atom. The highest BCUT2D eigenvalue weighted by molar-refractivity contribution is 5.91. The molecule has 4 unspecified atom stereocenters. The summed E-state index contributed by atoms with van der Waals surface area (Å²) < 4.78 is 6.95. The predicted molar refractivity (Wildman–Crippen MR) is 261 cm³/mol. The smallest absolute Gasteiger partial charge is 0.132 e. The van der Waals surface area contributed by atoms with Crippen molar-refractivity contribution < 1.29 is 4.74 Å². The summed E-state index contributed by atoms with van der Waals surface area (Å²) in [7, 11) is 0. The van der Waals surface area contributed by atoms with Crippen LogP contribution in [0.15, 0.2) is 223 Å². The van der Waals surface area contributed by atoms with Gasteiger partial charge in [-0.3, -0.25) is 0 Å². The molecule has 0 radical (unpaired) electrons. The second-order valence-corrected chi connectivity index (χ2v) is 18.4. The van der Waals surface area contributed by atoms with E-state index < -0.39 is 0 Å². The first-order valence-electron chi connectivity index (χ1n) is 22.9. The molecule has 6 aliphatic rings. The number of fused-ring (bicyclic) bond motifs is 8. The molecule has 2 heteroatoms. The third-order valence-corrected chi connectivity index (χ3v) is 14.7. The molecule has 2 nitrogen and oxygen atoms in total. The molecule has 5 aliphatic carbocycles. The van der Waals surface area contributed by atoms with Crippen LogP contribution < -0.4 is 4.74 Å². The molecule has 6 aromatic carbocycles. The van der Waals surface area contributed by atoms with E-state index in [-0.39, 0.29) is 29.4 Å². The molecular formula is C61H51NO. The van der Waals surface area contributed by atoms with Crippen LogP contribution >= 0.6 is 0 Å². The third-order valence-electron chi connectivity index (χ3n) is 14.7. The summed E-state index contributed by atoms with van der Waals surface area (Å²) in [6, 6.07) is 51.6. The van der Waals surface area contributed by atoms with Crippen LogP contribution in [0.2, 0.25) is 0 Å². The fraction of sp³-hybridized carbons (Fsp3) is 0.180. The summed E-state index contributed by atoms with van der Waals surface area (Å²) in [5, 5.41) is 2.41. The maximum Gasteiger partial charge on any atom is 0.132 e. The zero-order valence-electron chi connectivity index (χ0n) is 36.0. The summed E-state index contributed by atoms with van der Waals surface area (Å²) in [5.74, 6) is 1.24. The highest BCUT2D eigenvalue weighted by atomic mass is 16.5. The summed E-state index contributed by atoms with van der Waals surface area (Å²) in [4.78, 5) is 2.80. The molecule has 0 bridgehead atoms. The third kappa shape index (κ3) is 6.14. The predicted octanol–water partition coefficient (Wildman–Crippen LogP) is 15.0. The normalized spacial score (nSPS) is 22.6. The number of ether oxygens (including phenoxy) is 1. The van der Waals surface area contributed by atoms with Gasteiger partial charge in [0.05, 0.1) is 12.0 Å². The van der Waals surface area contributed by atoms with Crippen molar-refractivity contribution in [3.8, 4) is 16.9 Å². The van der Waals surface area contributed by atoms with Gasteiger partial charge in [0.15, 0.2) is 0 Å². The minimum Gasteiger partial charge on any atom is -0.484 e.